The van der Waals surface area contributed by atoms with Gasteiger partial charge in [-0.25, -0.2) is 9.59 Å². The number of rotatable bonds is 7. The molecule has 2 amide bonds. The summed E-state index contributed by atoms with van der Waals surface area (Å²) < 4.78 is 5.90. The third kappa shape index (κ3) is 4.72. The van der Waals surface area contributed by atoms with Crippen molar-refractivity contribution >= 4 is 34.9 Å². The fourth-order valence-corrected chi connectivity index (χ4v) is 3.78. The maximum Gasteiger partial charge on any atom is 0.337 e. The Morgan fingerprint density at radius 1 is 1.38 bits per heavy atom. The van der Waals surface area contributed by atoms with E-state index in [0.717, 1.165) is 9.21 Å². The number of likely N-dealkylation sites (N-methyl/N-ethyl adjacent to an activating group) is 1. The molecule has 2 rings (SSSR count). The van der Waals surface area contributed by atoms with Crippen molar-refractivity contribution in [2.75, 3.05) is 20.2 Å². The molecule has 0 radical (unpaired) electrons. The highest BCUT2D eigenvalue weighted by Crippen LogP contribution is 2.23. The molecule has 0 saturated heterocycles. The third-order valence-corrected chi connectivity index (χ3v) is 4.85. The Balaban J connectivity index is 2.19. The van der Waals surface area contributed by atoms with Crippen LogP contribution in [-0.4, -0.2) is 43.1 Å². The maximum atomic E-state index is 12.3. The summed E-state index contributed by atoms with van der Waals surface area (Å²) in [5.41, 5.74) is 1.09. The first kappa shape index (κ1) is 18.8. The van der Waals surface area contributed by atoms with Gasteiger partial charge in [-0.15, -0.1) is 11.3 Å². The molecule has 132 valence electrons. The monoisotopic (exact) mass is 371 g/mol. The second kappa shape index (κ2) is 8.50. The number of thiophene rings is 1. The zero-order valence-corrected chi connectivity index (χ0v) is 15.6. The molecule has 1 aromatic rings. The van der Waals surface area contributed by atoms with Crippen LogP contribution in [0.1, 0.15) is 25.1 Å². The molecule has 1 atom stereocenters. The lowest BCUT2D eigenvalue weighted by molar-refractivity contribution is -0.139. The number of urea groups is 1. The van der Waals surface area contributed by atoms with Crippen LogP contribution in [0.15, 0.2) is 23.4 Å². The van der Waals surface area contributed by atoms with E-state index in [1.807, 2.05) is 31.0 Å². The largest absolute Gasteiger partial charge is 0.463 e. The number of hydrogen-bond donors (Lipinski definition) is 2. The van der Waals surface area contributed by atoms with Gasteiger partial charge in [0.15, 0.2) is 0 Å². The first-order chi connectivity index (χ1) is 11.4. The molecule has 0 aromatic carbocycles. The number of esters is 1. The maximum absolute atomic E-state index is 12.3. The van der Waals surface area contributed by atoms with Crippen molar-refractivity contribution in [3.63, 3.8) is 0 Å². The van der Waals surface area contributed by atoms with E-state index in [0.29, 0.717) is 37.4 Å². The average molecular weight is 372 g/mol. The van der Waals surface area contributed by atoms with Gasteiger partial charge >= 0.3 is 12.0 Å². The number of carbonyl (C=O) groups is 2. The summed E-state index contributed by atoms with van der Waals surface area (Å²) in [6, 6.07) is 3.20. The predicted molar refractivity (Wildman–Crippen MR) is 95.1 cm³/mol. The molecule has 1 unspecified atom stereocenters. The number of ether oxygens (including phenoxy) is 1. The van der Waals surface area contributed by atoms with Crippen molar-refractivity contribution < 1.29 is 14.3 Å². The summed E-state index contributed by atoms with van der Waals surface area (Å²) in [7, 11) is 1.93. The van der Waals surface area contributed by atoms with Crippen molar-refractivity contribution in [2.45, 2.75) is 32.9 Å². The van der Waals surface area contributed by atoms with E-state index >= 15 is 0 Å². The van der Waals surface area contributed by atoms with Crippen molar-refractivity contribution in [1.29, 1.82) is 0 Å². The van der Waals surface area contributed by atoms with Gasteiger partial charge in [-0.2, -0.15) is 0 Å². The molecule has 0 fully saturated rings. The van der Waals surface area contributed by atoms with Crippen molar-refractivity contribution in [3.05, 3.63) is 32.6 Å². The van der Waals surface area contributed by atoms with Gasteiger partial charge in [0.05, 0.1) is 22.6 Å². The van der Waals surface area contributed by atoms with Gasteiger partial charge in [0.25, 0.3) is 0 Å². The van der Waals surface area contributed by atoms with E-state index in [1.165, 1.54) is 11.3 Å². The van der Waals surface area contributed by atoms with Crippen LogP contribution >= 0.6 is 22.9 Å². The van der Waals surface area contributed by atoms with Gasteiger partial charge in [-0.3, -0.25) is 4.90 Å². The summed E-state index contributed by atoms with van der Waals surface area (Å²) in [5.74, 6) is -0.389. The van der Waals surface area contributed by atoms with Crippen LogP contribution in [-0.2, 0) is 16.1 Å². The van der Waals surface area contributed by atoms with Crippen LogP contribution in [0, 0.1) is 0 Å². The summed E-state index contributed by atoms with van der Waals surface area (Å²) >= 11 is 7.47. The highest BCUT2D eigenvalue weighted by Gasteiger charge is 2.31. The third-order valence-electron chi connectivity index (χ3n) is 3.63. The highest BCUT2D eigenvalue weighted by atomic mass is 35.5. The molecule has 2 N–H and O–H groups in total. The van der Waals surface area contributed by atoms with Crippen molar-refractivity contribution in [2.24, 2.45) is 0 Å². The number of amides is 2. The summed E-state index contributed by atoms with van der Waals surface area (Å²) in [6.45, 7) is 5.10. The molecule has 1 aromatic heterocycles. The molecule has 0 bridgehead atoms. The first-order valence-electron chi connectivity index (χ1n) is 7.85. The van der Waals surface area contributed by atoms with E-state index in [9.17, 15) is 9.59 Å². The van der Waals surface area contributed by atoms with Crippen LogP contribution < -0.4 is 10.6 Å². The standard InChI is InChI=1S/C16H22ClN3O3S/c1-4-11-14(15(21)23-5-2)12(19-16(22)18-11)9-20(3)8-10-6-7-13(17)24-10/h6-7,11H,4-5,8-9H2,1-3H3,(H2,18,19,22). The predicted octanol–water partition coefficient (Wildman–Crippen LogP) is 2.74. The van der Waals surface area contributed by atoms with E-state index < -0.39 is 0 Å². The van der Waals surface area contributed by atoms with Gasteiger partial charge in [0, 0.05) is 23.7 Å². The number of halogens is 1. The Labute approximate surface area is 150 Å². The lowest BCUT2D eigenvalue weighted by atomic mass is 10.00. The zero-order valence-electron chi connectivity index (χ0n) is 14.0. The molecule has 8 heteroatoms. The van der Waals surface area contributed by atoms with Crippen molar-refractivity contribution in [3.8, 4) is 0 Å². The van der Waals surface area contributed by atoms with Crippen LogP contribution in [0.3, 0.4) is 0 Å². The fraction of sp³-hybridized carbons (Fsp3) is 0.500. The molecule has 24 heavy (non-hydrogen) atoms. The molecule has 0 saturated carbocycles. The number of nitrogens with zero attached hydrogens (tertiary/aromatic N) is 1. The second-order valence-corrected chi connectivity index (χ2v) is 7.35. The Kier molecular flexibility index (Phi) is 6.65. The van der Waals surface area contributed by atoms with Crippen LogP contribution in [0.4, 0.5) is 4.79 Å². The van der Waals surface area contributed by atoms with E-state index in [-0.39, 0.29) is 18.0 Å². The zero-order chi connectivity index (χ0) is 17.7. The minimum Gasteiger partial charge on any atom is -0.463 e. The van der Waals surface area contributed by atoms with Gasteiger partial charge in [0.1, 0.15) is 0 Å². The highest BCUT2D eigenvalue weighted by molar-refractivity contribution is 7.16. The van der Waals surface area contributed by atoms with Gasteiger partial charge in [0.2, 0.25) is 0 Å². The number of hydrogen-bond acceptors (Lipinski definition) is 5. The SMILES string of the molecule is CCOC(=O)C1=C(CN(C)Cc2ccc(Cl)s2)NC(=O)NC1CC. The Bertz CT molecular complexity index is 644. The van der Waals surface area contributed by atoms with Crippen LogP contribution in [0.5, 0.6) is 0 Å². The molecule has 6 nitrogen and oxygen atoms in total. The number of carbonyl (C=O) groups excluding carboxylic acids is 2. The van der Waals surface area contributed by atoms with Crippen LogP contribution in [0.2, 0.25) is 4.34 Å². The number of nitrogens with one attached hydrogen (secondary N) is 2. The molecular weight excluding hydrogens is 350 g/mol. The molecule has 0 aliphatic carbocycles. The molecular formula is C16H22ClN3O3S. The minimum absolute atomic E-state index is 0.294. The Morgan fingerprint density at radius 2 is 2.12 bits per heavy atom. The lowest BCUT2D eigenvalue weighted by Crippen LogP contribution is -2.51. The first-order valence-corrected chi connectivity index (χ1v) is 9.04. The summed E-state index contributed by atoms with van der Waals surface area (Å²) in [6.07, 6.45) is 0.620. The van der Waals surface area contributed by atoms with Gasteiger partial charge < -0.3 is 15.4 Å². The molecule has 0 spiro atoms. The Morgan fingerprint density at radius 3 is 2.71 bits per heavy atom. The lowest BCUT2D eigenvalue weighted by Gasteiger charge is -2.30. The Hall–Kier alpha value is -1.57. The van der Waals surface area contributed by atoms with E-state index in [2.05, 4.69) is 10.6 Å². The topological polar surface area (TPSA) is 70.7 Å². The summed E-state index contributed by atoms with van der Waals surface area (Å²) in [4.78, 5) is 27.3. The minimum atomic E-state index is -0.389. The quantitative estimate of drug-likeness (QED) is 0.723. The van der Waals surface area contributed by atoms with Gasteiger partial charge in [-0.1, -0.05) is 18.5 Å². The van der Waals surface area contributed by atoms with Gasteiger partial charge in [-0.05, 0) is 32.5 Å². The van der Waals surface area contributed by atoms with E-state index in [1.54, 1.807) is 6.92 Å². The molecule has 1 aliphatic heterocycles. The van der Waals surface area contributed by atoms with Crippen molar-refractivity contribution in [1.82, 2.24) is 15.5 Å². The average Bonchev–Trinajstić information content (AvgIpc) is 2.91. The normalized spacial score (nSPS) is 17.7. The summed E-state index contributed by atoms with van der Waals surface area (Å²) in [5, 5.41) is 5.53. The second-order valence-electron chi connectivity index (χ2n) is 5.55. The molecule has 1 aliphatic rings. The smallest absolute Gasteiger partial charge is 0.337 e. The van der Waals surface area contributed by atoms with E-state index in [4.69, 9.17) is 16.3 Å². The molecule has 2 heterocycles. The fourth-order valence-electron chi connectivity index (χ4n) is 2.61. The van der Waals surface area contributed by atoms with Crippen LogP contribution in [0.25, 0.3) is 0 Å².